The van der Waals surface area contributed by atoms with Crippen LogP contribution in [0.1, 0.15) is 47.9 Å². The molecule has 2 aromatic heterocycles. The highest BCUT2D eigenvalue weighted by atomic mass is 35.5. The first-order valence-electron chi connectivity index (χ1n) is 9.35. The summed E-state index contributed by atoms with van der Waals surface area (Å²) < 4.78 is 1.80. The fourth-order valence-electron chi connectivity index (χ4n) is 3.48. The molecule has 0 unspecified atom stereocenters. The van der Waals surface area contributed by atoms with Crippen LogP contribution in [0.25, 0.3) is 10.8 Å². The molecule has 1 atom stereocenters. The number of nitrogens with one attached hydrogen (secondary N) is 2. The zero-order chi connectivity index (χ0) is 20.7. The van der Waals surface area contributed by atoms with Crippen molar-refractivity contribution in [3.63, 3.8) is 0 Å². The number of fused-ring (bicyclic) bond motifs is 1. The third kappa shape index (κ3) is 3.51. The van der Waals surface area contributed by atoms with Crippen molar-refractivity contribution in [1.29, 1.82) is 0 Å². The maximum Gasteiger partial charge on any atom is 0.260 e. The Morgan fingerprint density at radius 2 is 2.14 bits per heavy atom. The van der Waals surface area contributed by atoms with Crippen LogP contribution in [-0.4, -0.2) is 27.5 Å². The number of hydrogen-bond donors (Lipinski definition) is 3. The lowest BCUT2D eigenvalue weighted by molar-refractivity contribution is 0.0963. The first kappa shape index (κ1) is 19.2. The minimum Gasteiger partial charge on any atom is -0.368 e. The number of pyridine rings is 1. The lowest BCUT2D eigenvalue weighted by atomic mass is 10.1. The highest BCUT2D eigenvalue weighted by molar-refractivity contribution is 6.35. The number of hydrogen-bond acceptors (Lipinski definition) is 6. The molecule has 0 bridgehead atoms. The number of benzene rings is 1. The van der Waals surface area contributed by atoms with Crippen molar-refractivity contribution in [1.82, 2.24) is 19.9 Å². The summed E-state index contributed by atoms with van der Waals surface area (Å²) in [6.45, 7) is 1.91. The molecule has 4 rings (SSSR count). The fraction of sp³-hybridized carbons (Fsp3) is 0.300. The molecule has 1 amide bonds. The summed E-state index contributed by atoms with van der Waals surface area (Å²) in [6.07, 6.45) is 3.27. The van der Waals surface area contributed by atoms with Crippen LogP contribution >= 0.6 is 11.6 Å². The summed E-state index contributed by atoms with van der Waals surface area (Å²) in [7, 11) is 1.53. The van der Waals surface area contributed by atoms with E-state index in [9.17, 15) is 9.59 Å². The zero-order valence-corrected chi connectivity index (χ0v) is 16.8. The average molecular weight is 413 g/mol. The molecule has 0 aliphatic heterocycles. The summed E-state index contributed by atoms with van der Waals surface area (Å²) in [4.78, 5) is 33.5. The predicted molar refractivity (Wildman–Crippen MR) is 113 cm³/mol. The van der Waals surface area contributed by atoms with Crippen molar-refractivity contribution in [3.05, 3.63) is 57.1 Å². The summed E-state index contributed by atoms with van der Waals surface area (Å²) in [6, 6.07) is 7.21. The van der Waals surface area contributed by atoms with Crippen LogP contribution in [0.3, 0.4) is 0 Å². The number of carbonyl (C=O) groups excluding carboxylic acids is 1. The van der Waals surface area contributed by atoms with Crippen LogP contribution < -0.4 is 21.9 Å². The quantitative estimate of drug-likeness (QED) is 0.593. The van der Waals surface area contributed by atoms with E-state index >= 15 is 0 Å². The Labute approximate surface area is 172 Å². The summed E-state index contributed by atoms with van der Waals surface area (Å²) in [5, 5.41) is 7.53. The largest absolute Gasteiger partial charge is 0.368 e. The third-order valence-electron chi connectivity index (χ3n) is 5.05. The number of amides is 1. The Morgan fingerprint density at radius 1 is 1.38 bits per heavy atom. The van der Waals surface area contributed by atoms with Gasteiger partial charge in [-0.2, -0.15) is 4.98 Å². The van der Waals surface area contributed by atoms with E-state index in [1.165, 1.54) is 13.2 Å². The van der Waals surface area contributed by atoms with Crippen LogP contribution in [0.2, 0.25) is 5.02 Å². The van der Waals surface area contributed by atoms with Crippen molar-refractivity contribution >= 4 is 40.0 Å². The van der Waals surface area contributed by atoms with Gasteiger partial charge in [-0.3, -0.25) is 9.59 Å². The Hall–Kier alpha value is -3.13. The van der Waals surface area contributed by atoms with E-state index in [4.69, 9.17) is 17.3 Å². The van der Waals surface area contributed by atoms with E-state index in [0.29, 0.717) is 16.2 Å². The molecule has 0 spiro atoms. The van der Waals surface area contributed by atoms with E-state index in [1.807, 2.05) is 25.1 Å². The SMILES string of the molecule is CNC(=O)c1cnc(N)nc1N[C@@H](C)c1cc2cccc(Cl)c2c(=O)n1C1CC1. The monoisotopic (exact) mass is 412 g/mol. The summed E-state index contributed by atoms with van der Waals surface area (Å²) >= 11 is 6.31. The smallest absolute Gasteiger partial charge is 0.260 e. The lowest BCUT2D eigenvalue weighted by Crippen LogP contribution is -2.27. The van der Waals surface area contributed by atoms with Crippen LogP contribution in [0.15, 0.2) is 35.3 Å². The number of nitrogens with two attached hydrogens (primary N) is 1. The number of nitrogens with zero attached hydrogens (tertiary/aromatic N) is 3. The van der Waals surface area contributed by atoms with Crippen LogP contribution in [0.4, 0.5) is 11.8 Å². The van der Waals surface area contributed by atoms with E-state index in [-0.39, 0.29) is 35.1 Å². The highest BCUT2D eigenvalue weighted by Crippen LogP contribution is 2.37. The van der Waals surface area contributed by atoms with Crippen molar-refractivity contribution in [2.45, 2.75) is 31.8 Å². The topological polar surface area (TPSA) is 115 Å². The van der Waals surface area contributed by atoms with Gasteiger partial charge in [0.05, 0.1) is 16.5 Å². The van der Waals surface area contributed by atoms with Gasteiger partial charge in [0.25, 0.3) is 11.5 Å². The van der Waals surface area contributed by atoms with Gasteiger partial charge in [-0.05, 0) is 37.3 Å². The number of aromatic nitrogens is 3. The molecule has 3 aromatic rings. The Balaban J connectivity index is 1.82. The molecule has 0 saturated heterocycles. The molecule has 8 nitrogen and oxygen atoms in total. The molecule has 9 heteroatoms. The second-order valence-corrected chi connectivity index (χ2v) is 7.52. The molecular formula is C20H21ClN6O2. The second kappa shape index (κ2) is 7.36. The number of carbonyl (C=O) groups is 1. The Morgan fingerprint density at radius 3 is 2.83 bits per heavy atom. The van der Waals surface area contributed by atoms with Crippen molar-refractivity contribution in [2.24, 2.45) is 0 Å². The van der Waals surface area contributed by atoms with Gasteiger partial charge in [0.1, 0.15) is 11.4 Å². The van der Waals surface area contributed by atoms with Crippen molar-refractivity contribution in [3.8, 4) is 0 Å². The van der Waals surface area contributed by atoms with E-state index in [0.717, 1.165) is 23.9 Å². The first-order chi connectivity index (χ1) is 13.9. The number of rotatable bonds is 5. The molecule has 1 saturated carbocycles. The van der Waals surface area contributed by atoms with Gasteiger partial charge in [-0.1, -0.05) is 23.7 Å². The normalized spacial score (nSPS) is 14.6. The Bertz CT molecular complexity index is 1170. The molecule has 29 heavy (non-hydrogen) atoms. The minimum absolute atomic E-state index is 0.0530. The Kier molecular flexibility index (Phi) is 4.87. The molecule has 0 radical (unpaired) electrons. The van der Waals surface area contributed by atoms with E-state index in [2.05, 4.69) is 20.6 Å². The van der Waals surface area contributed by atoms with E-state index < -0.39 is 0 Å². The standard InChI is InChI=1S/C20H21ClN6O2/c1-10(25-17-13(18(28)23-2)9-24-20(22)26-17)15-8-11-4-3-5-14(21)16(11)19(29)27(15)12-6-7-12/h3-5,8-10,12H,6-7H2,1-2H3,(H,23,28)(H3,22,24,25,26)/t10-/m0/s1. The van der Waals surface area contributed by atoms with Crippen LogP contribution in [0, 0.1) is 0 Å². The molecule has 1 aliphatic rings. The minimum atomic E-state index is -0.329. The van der Waals surface area contributed by atoms with Gasteiger partial charge in [0, 0.05) is 25.0 Å². The number of halogens is 1. The van der Waals surface area contributed by atoms with Crippen molar-refractivity contribution in [2.75, 3.05) is 18.1 Å². The first-order valence-corrected chi connectivity index (χ1v) is 9.73. The van der Waals surface area contributed by atoms with Gasteiger partial charge < -0.3 is 20.9 Å². The average Bonchev–Trinajstić information content (AvgIpc) is 3.52. The number of nitrogen functional groups attached to an aromatic ring is 1. The van der Waals surface area contributed by atoms with Gasteiger partial charge >= 0.3 is 0 Å². The number of anilines is 2. The molecular weight excluding hydrogens is 392 g/mol. The van der Waals surface area contributed by atoms with Gasteiger partial charge in [-0.15, -0.1) is 0 Å². The second-order valence-electron chi connectivity index (χ2n) is 7.12. The molecule has 1 aromatic carbocycles. The summed E-state index contributed by atoms with van der Waals surface area (Å²) in [5.74, 6) is 0.0344. The van der Waals surface area contributed by atoms with Crippen LogP contribution in [0.5, 0.6) is 0 Å². The van der Waals surface area contributed by atoms with Crippen LogP contribution in [-0.2, 0) is 0 Å². The molecule has 150 valence electrons. The fourth-order valence-corrected chi connectivity index (χ4v) is 3.74. The van der Waals surface area contributed by atoms with Gasteiger partial charge in [-0.25, -0.2) is 4.98 Å². The van der Waals surface area contributed by atoms with Gasteiger partial charge in [0.2, 0.25) is 5.95 Å². The molecule has 1 aliphatic carbocycles. The highest BCUT2D eigenvalue weighted by Gasteiger charge is 2.30. The van der Waals surface area contributed by atoms with E-state index in [1.54, 1.807) is 10.6 Å². The predicted octanol–water partition coefficient (Wildman–Crippen LogP) is 2.89. The molecule has 2 heterocycles. The molecule has 4 N–H and O–H groups in total. The maximum atomic E-state index is 13.2. The van der Waals surface area contributed by atoms with Crippen molar-refractivity contribution < 1.29 is 4.79 Å². The molecule has 1 fully saturated rings. The van der Waals surface area contributed by atoms with Gasteiger partial charge in [0.15, 0.2) is 0 Å². The summed E-state index contributed by atoms with van der Waals surface area (Å²) in [5.41, 5.74) is 6.69. The third-order valence-corrected chi connectivity index (χ3v) is 5.36. The lowest BCUT2D eigenvalue weighted by Gasteiger charge is -2.22. The maximum absolute atomic E-state index is 13.2. The zero-order valence-electron chi connectivity index (χ0n) is 16.1.